The van der Waals surface area contributed by atoms with E-state index in [4.69, 9.17) is 5.11 Å². The van der Waals surface area contributed by atoms with Crippen LogP contribution in [0.4, 0.5) is 0 Å². The predicted octanol–water partition coefficient (Wildman–Crippen LogP) is 0.737. The molecule has 0 aromatic carbocycles. The summed E-state index contributed by atoms with van der Waals surface area (Å²) in [6, 6.07) is 1.45. The molecule has 0 fully saturated rings. The maximum Gasteiger partial charge on any atom is 0.337 e. The van der Waals surface area contributed by atoms with Crippen molar-refractivity contribution in [1.82, 2.24) is 10.2 Å². The lowest BCUT2D eigenvalue weighted by atomic mass is 10.2. The summed E-state index contributed by atoms with van der Waals surface area (Å²) in [7, 11) is 0. The molecule has 4 nitrogen and oxygen atoms in total. The molecule has 58 valence electrons. The van der Waals surface area contributed by atoms with Crippen molar-refractivity contribution in [2.45, 2.75) is 13.3 Å². The zero-order valence-electron chi connectivity index (χ0n) is 6.11. The van der Waals surface area contributed by atoms with E-state index in [2.05, 4.69) is 10.2 Å². The van der Waals surface area contributed by atoms with Crippen molar-refractivity contribution in [3.63, 3.8) is 0 Å². The summed E-state index contributed by atoms with van der Waals surface area (Å²) in [4.78, 5) is 10.5. The highest BCUT2D eigenvalue weighted by Gasteiger charge is 2.08. The molecule has 0 spiro atoms. The molecule has 4 heteroatoms. The van der Waals surface area contributed by atoms with E-state index in [0.717, 1.165) is 0 Å². The van der Waals surface area contributed by atoms with Crippen LogP contribution in [0.15, 0.2) is 12.3 Å². The fraction of sp³-hybridized carbons (Fsp3) is 0.286. The number of aryl methyl sites for hydroxylation is 1. The highest BCUT2D eigenvalue weighted by atomic mass is 16.4. The number of nitrogens with zero attached hydrogens (tertiary/aromatic N) is 2. The molecule has 1 rings (SSSR count). The van der Waals surface area contributed by atoms with Crippen molar-refractivity contribution < 1.29 is 9.90 Å². The first-order chi connectivity index (χ1) is 5.25. The molecule has 0 aliphatic rings. The van der Waals surface area contributed by atoms with Gasteiger partial charge in [-0.2, -0.15) is 10.2 Å². The molecule has 0 saturated carbocycles. The van der Waals surface area contributed by atoms with Crippen LogP contribution in [0.5, 0.6) is 0 Å². The summed E-state index contributed by atoms with van der Waals surface area (Å²) >= 11 is 0. The molecule has 0 saturated heterocycles. The zero-order chi connectivity index (χ0) is 8.27. The van der Waals surface area contributed by atoms with Crippen LogP contribution in [0.25, 0.3) is 0 Å². The van der Waals surface area contributed by atoms with Gasteiger partial charge in [0.1, 0.15) is 0 Å². The van der Waals surface area contributed by atoms with Gasteiger partial charge in [0.15, 0.2) is 0 Å². The van der Waals surface area contributed by atoms with Crippen molar-refractivity contribution in [2.75, 3.05) is 0 Å². The highest BCUT2D eigenvalue weighted by Crippen LogP contribution is 2.03. The topological polar surface area (TPSA) is 63.1 Å². The molecule has 0 atom stereocenters. The van der Waals surface area contributed by atoms with Crippen LogP contribution in [0, 0.1) is 0 Å². The third-order valence-corrected chi connectivity index (χ3v) is 1.36. The fourth-order valence-corrected chi connectivity index (χ4v) is 0.817. The van der Waals surface area contributed by atoms with Crippen LogP contribution >= 0.6 is 0 Å². The van der Waals surface area contributed by atoms with Crippen molar-refractivity contribution in [3.8, 4) is 0 Å². The summed E-state index contributed by atoms with van der Waals surface area (Å²) in [6.45, 7) is 1.84. The van der Waals surface area contributed by atoms with E-state index in [1.165, 1.54) is 12.3 Å². The number of aromatic nitrogens is 2. The Balaban J connectivity index is 3.12. The van der Waals surface area contributed by atoms with Gasteiger partial charge in [-0.3, -0.25) is 0 Å². The van der Waals surface area contributed by atoms with Gasteiger partial charge in [-0.05, 0) is 12.5 Å². The molecular formula is C7H8N2O2. The van der Waals surface area contributed by atoms with E-state index < -0.39 is 5.97 Å². The smallest absolute Gasteiger partial charge is 0.337 e. The number of carboxylic acids is 1. The van der Waals surface area contributed by atoms with Crippen LogP contribution in [-0.4, -0.2) is 21.3 Å². The Morgan fingerprint density at radius 2 is 2.45 bits per heavy atom. The van der Waals surface area contributed by atoms with Crippen molar-refractivity contribution in [2.24, 2.45) is 0 Å². The summed E-state index contributed by atoms with van der Waals surface area (Å²) in [5.41, 5.74) is 0.766. The van der Waals surface area contributed by atoms with Crippen molar-refractivity contribution >= 4 is 5.97 Å². The number of hydrogen-bond donors (Lipinski definition) is 1. The van der Waals surface area contributed by atoms with Gasteiger partial charge in [0.05, 0.1) is 17.5 Å². The summed E-state index contributed by atoms with van der Waals surface area (Å²) < 4.78 is 0. The van der Waals surface area contributed by atoms with Gasteiger partial charge in [-0.25, -0.2) is 4.79 Å². The Hall–Kier alpha value is -1.45. The quantitative estimate of drug-likeness (QED) is 0.678. The van der Waals surface area contributed by atoms with Crippen LogP contribution < -0.4 is 0 Å². The second kappa shape index (κ2) is 3.09. The number of hydrogen-bond acceptors (Lipinski definition) is 3. The van der Waals surface area contributed by atoms with Gasteiger partial charge in [0.25, 0.3) is 0 Å². The molecule has 0 aliphatic carbocycles. The van der Waals surface area contributed by atoms with Crippen molar-refractivity contribution in [3.05, 3.63) is 23.5 Å². The third-order valence-electron chi connectivity index (χ3n) is 1.36. The molecule has 1 N–H and O–H groups in total. The highest BCUT2D eigenvalue weighted by molar-refractivity contribution is 5.88. The first kappa shape index (κ1) is 7.65. The summed E-state index contributed by atoms with van der Waals surface area (Å²) in [5, 5.41) is 15.9. The molecule has 11 heavy (non-hydrogen) atoms. The van der Waals surface area contributed by atoms with E-state index in [-0.39, 0.29) is 5.56 Å². The minimum absolute atomic E-state index is 0.238. The monoisotopic (exact) mass is 152 g/mol. The van der Waals surface area contributed by atoms with E-state index >= 15 is 0 Å². The lowest BCUT2D eigenvalue weighted by Gasteiger charge is -1.97. The van der Waals surface area contributed by atoms with Gasteiger partial charge < -0.3 is 5.11 Å². The Morgan fingerprint density at radius 1 is 1.73 bits per heavy atom. The normalized spacial score (nSPS) is 9.55. The largest absolute Gasteiger partial charge is 0.478 e. The molecule has 0 amide bonds. The Kier molecular flexibility index (Phi) is 2.15. The standard InChI is InChI=1S/C7H8N2O2/c1-2-6-5(7(10)11)3-4-8-9-6/h3-4H,2H2,1H3,(H,10,11). The molecule has 1 heterocycles. The maximum atomic E-state index is 10.5. The van der Waals surface area contributed by atoms with E-state index in [1.54, 1.807) is 0 Å². The minimum atomic E-state index is -0.947. The molecular weight excluding hydrogens is 144 g/mol. The Labute approximate surface area is 63.9 Å². The molecule has 0 aliphatic heterocycles. The summed E-state index contributed by atoms with van der Waals surface area (Å²) in [6.07, 6.45) is 1.97. The van der Waals surface area contributed by atoms with Crippen LogP contribution in [0.3, 0.4) is 0 Å². The Morgan fingerprint density at radius 3 is 2.91 bits per heavy atom. The maximum absolute atomic E-state index is 10.5. The lowest BCUT2D eigenvalue weighted by Crippen LogP contribution is -2.04. The first-order valence-electron chi connectivity index (χ1n) is 3.29. The number of carbonyl (C=O) groups is 1. The van der Waals surface area contributed by atoms with E-state index in [0.29, 0.717) is 12.1 Å². The number of rotatable bonds is 2. The average Bonchev–Trinajstić information content (AvgIpc) is 2.04. The Bertz CT molecular complexity index is 273. The zero-order valence-corrected chi connectivity index (χ0v) is 6.11. The van der Waals surface area contributed by atoms with Crippen LogP contribution in [-0.2, 0) is 6.42 Å². The predicted molar refractivity (Wildman–Crippen MR) is 38.4 cm³/mol. The molecule has 0 unspecified atom stereocenters. The van der Waals surface area contributed by atoms with Gasteiger partial charge in [-0.15, -0.1) is 0 Å². The first-order valence-corrected chi connectivity index (χ1v) is 3.29. The second-order valence-electron chi connectivity index (χ2n) is 2.05. The fourth-order valence-electron chi connectivity index (χ4n) is 0.817. The number of carboxylic acid groups (broad SMARTS) is 1. The van der Waals surface area contributed by atoms with Gasteiger partial charge in [-0.1, -0.05) is 6.92 Å². The summed E-state index contributed by atoms with van der Waals surface area (Å²) in [5.74, 6) is -0.947. The van der Waals surface area contributed by atoms with Crippen LogP contribution in [0.2, 0.25) is 0 Å². The van der Waals surface area contributed by atoms with E-state index in [1.807, 2.05) is 6.92 Å². The van der Waals surface area contributed by atoms with Crippen LogP contribution in [0.1, 0.15) is 23.0 Å². The second-order valence-corrected chi connectivity index (χ2v) is 2.05. The third kappa shape index (κ3) is 1.52. The van der Waals surface area contributed by atoms with E-state index in [9.17, 15) is 4.79 Å². The van der Waals surface area contributed by atoms with Crippen molar-refractivity contribution in [1.29, 1.82) is 0 Å². The molecule has 1 aromatic rings. The molecule has 1 aromatic heterocycles. The SMILES string of the molecule is CCc1nnccc1C(=O)O. The molecule has 0 bridgehead atoms. The lowest BCUT2D eigenvalue weighted by molar-refractivity contribution is 0.0695. The number of aromatic carboxylic acids is 1. The minimum Gasteiger partial charge on any atom is -0.478 e. The van der Waals surface area contributed by atoms with Gasteiger partial charge in [0.2, 0.25) is 0 Å². The van der Waals surface area contributed by atoms with Gasteiger partial charge >= 0.3 is 5.97 Å². The van der Waals surface area contributed by atoms with Gasteiger partial charge in [0, 0.05) is 0 Å². The average molecular weight is 152 g/mol. The molecule has 0 radical (unpaired) electrons.